The summed E-state index contributed by atoms with van der Waals surface area (Å²) in [4.78, 5) is 21.6. The maximum absolute atomic E-state index is 11.5. The van der Waals surface area contributed by atoms with E-state index in [2.05, 4.69) is 30.8 Å². The monoisotopic (exact) mass is 357 g/mol. The molecule has 0 aromatic carbocycles. The molecule has 9 heteroatoms. The molecule has 0 saturated heterocycles. The molecule has 0 bridgehead atoms. The molecule has 0 saturated carbocycles. The highest BCUT2D eigenvalue weighted by molar-refractivity contribution is 6.33. The Balaban J connectivity index is 1.79. The minimum atomic E-state index is -0.102. The van der Waals surface area contributed by atoms with Crippen LogP contribution >= 0.6 is 11.6 Å². The summed E-state index contributed by atoms with van der Waals surface area (Å²) in [6.07, 6.45) is 6.38. The van der Waals surface area contributed by atoms with Crippen molar-refractivity contribution in [3.63, 3.8) is 0 Å². The highest BCUT2D eigenvalue weighted by atomic mass is 35.5. The largest absolute Gasteiger partial charge is 0.361 e. The number of hydrogen-bond acceptors (Lipinski definition) is 6. The van der Waals surface area contributed by atoms with Crippen molar-refractivity contribution in [2.75, 3.05) is 18.4 Å². The third-order valence-electron chi connectivity index (χ3n) is 3.33. The molecule has 2 N–H and O–H groups in total. The molecule has 128 valence electrons. The second kappa shape index (κ2) is 7.71. The zero-order chi connectivity index (χ0) is 17.6. The number of likely N-dealkylation sites (N-methyl/N-ethyl adjacent to an activating group) is 1. The van der Waals surface area contributed by atoms with Gasteiger partial charge in [0.2, 0.25) is 5.91 Å². The van der Waals surface area contributed by atoms with Gasteiger partial charge in [0.05, 0.1) is 35.9 Å². The molecule has 25 heavy (non-hydrogen) atoms. The Morgan fingerprint density at radius 1 is 1.20 bits per heavy atom. The Morgan fingerprint density at radius 2 is 2.00 bits per heavy atom. The number of anilines is 1. The van der Waals surface area contributed by atoms with Crippen LogP contribution in [-0.2, 0) is 4.79 Å². The Labute approximate surface area is 149 Å². The molecule has 3 aromatic heterocycles. The Bertz CT molecular complexity index is 849. The molecule has 0 unspecified atom stereocenters. The summed E-state index contributed by atoms with van der Waals surface area (Å²) in [7, 11) is 0. The van der Waals surface area contributed by atoms with Crippen molar-refractivity contribution < 1.29 is 4.79 Å². The van der Waals surface area contributed by atoms with Crippen LogP contribution in [0.25, 0.3) is 16.9 Å². The SMILES string of the molecule is CCNC(=O)CNc1cc(-c2ccc(-n3nccn3)cn2)c(Cl)cn1. The number of nitrogens with one attached hydrogen (secondary N) is 2. The summed E-state index contributed by atoms with van der Waals surface area (Å²) in [6, 6.07) is 5.43. The van der Waals surface area contributed by atoms with E-state index in [0.717, 1.165) is 11.3 Å². The van der Waals surface area contributed by atoms with Crippen molar-refractivity contribution in [1.82, 2.24) is 30.3 Å². The van der Waals surface area contributed by atoms with Crippen LogP contribution in [0.4, 0.5) is 5.82 Å². The number of hydrogen-bond donors (Lipinski definition) is 2. The molecule has 0 aliphatic carbocycles. The van der Waals surface area contributed by atoms with Gasteiger partial charge in [-0.05, 0) is 25.1 Å². The molecule has 0 radical (unpaired) electrons. The van der Waals surface area contributed by atoms with Gasteiger partial charge >= 0.3 is 0 Å². The summed E-state index contributed by atoms with van der Waals surface area (Å²) in [5.41, 5.74) is 2.15. The van der Waals surface area contributed by atoms with Crippen LogP contribution in [0.2, 0.25) is 5.02 Å². The molecule has 3 rings (SSSR count). The van der Waals surface area contributed by atoms with Gasteiger partial charge in [-0.1, -0.05) is 11.6 Å². The number of amides is 1. The molecule has 3 aromatic rings. The second-order valence-electron chi connectivity index (χ2n) is 5.08. The molecule has 3 heterocycles. The number of rotatable bonds is 6. The van der Waals surface area contributed by atoms with Gasteiger partial charge in [0.25, 0.3) is 0 Å². The van der Waals surface area contributed by atoms with E-state index in [-0.39, 0.29) is 12.5 Å². The summed E-state index contributed by atoms with van der Waals surface area (Å²) >= 11 is 6.24. The van der Waals surface area contributed by atoms with Gasteiger partial charge in [-0.2, -0.15) is 15.0 Å². The van der Waals surface area contributed by atoms with Crippen LogP contribution < -0.4 is 10.6 Å². The fraction of sp³-hybridized carbons (Fsp3) is 0.188. The highest BCUT2D eigenvalue weighted by Gasteiger charge is 2.09. The zero-order valence-electron chi connectivity index (χ0n) is 13.5. The third-order valence-corrected chi connectivity index (χ3v) is 3.63. The number of pyridine rings is 2. The topological polar surface area (TPSA) is 97.6 Å². The molecular formula is C16H16ClN7O. The van der Waals surface area contributed by atoms with Gasteiger partial charge in [-0.3, -0.25) is 9.78 Å². The quantitative estimate of drug-likeness (QED) is 0.699. The summed E-state index contributed by atoms with van der Waals surface area (Å²) < 4.78 is 0. The predicted octanol–water partition coefficient (Wildman–Crippen LogP) is 1.93. The van der Waals surface area contributed by atoms with Crippen LogP contribution in [0.15, 0.2) is 43.0 Å². The maximum Gasteiger partial charge on any atom is 0.239 e. The first kappa shape index (κ1) is 16.8. The predicted molar refractivity (Wildman–Crippen MR) is 94.6 cm³/mol. The lowest BCUT2D eigenvalue weighted by molar-refractivity contribution is -0.119. The van der Waals surface area contributed by atoms with Crippen molar-refractivity contribution in [2.45, 2.75) is 6.92 Å². The minimum Gasteiger partial charge on any atom is -0.361 e. The lowest BCUT2D eigenvalue weighted by Crippen LogP contribution is -2.29. The van der Waals surface area contributed by atoms with Crippen molar-refractivity contribution in [2.24, 2.45) is 0 Å². The zero-order valence-corrected chi connectivity index (χ0v) is 14.2. The van der Waals surface area contributed by atoms with Gasteiger partial charge < -0.3 is 10.6 Å². The van der Waals surface area contributed by atoms with Gasteiger partial charge in [-0.25, -0.2) is 4.98 Å². The van der Waals surface area contributed by atoms with Crippen LogP contribution in [0.5, 0.6) is 0 Å². The van der Waals surface area contributed by atoms with E-state index in [1.807, 2.05) is 19.1 Å². The summed E-state index contributed by atoms with van der Waals surface area (Å²) in [6.45, 7) is 2.59. The smallest absolute Gasteiger partial charge is 0.239 e. The number of carbonyl (C=O) groups is 1. The van der Waals surface area contributed by atoms with Crippen molar-refractivity contribution in [3.05, 3.63) is 48.0 Å². The van der Waals surface area contributed by atoms with E-state index in [4.69, 9.17) is 11.6 Å². The average molecular weight is 358 g/mol. The summed E-state index contributed by atoms with van der Waals surface area (Å²) in [5.74, 6) is 0.445. The van der Waals surface area contributed by atoms with Gasteiger partial charge in [-0.15, -0.1) is 0 Å². The van der Waals surface area contributed by atoms with E-state index in [9.17, 15) is 4.79 Å². The first-order chi connectivity index (χ1) is 12.2. The third kappa shape index (κ3) is 4.10. The van der Waals surface area contributed by atoms with Crippen molar-refractivity contribution >= 4 is 23.3 Å². The fourth-order valence-corrected chi connectivity index (χ4v) is 2.38. The Hall–Kier alpha value is -3.00. The molecular weight excluding hydrogens is 342 g/mol. The van der Waals surface area contributed by atoms with Crippen molar-refractivity contribution in [1.29, 1.82) is 0 Å². The Morgan fingerprint density at radius 3 is 2.68 bits per heavy atom. The normalized spacial score (nSPS) is 10.5. The van der Waals surface area contributed by atoms with E-state index in [0.29, 0.717) is 23.1 Å². The highest BCUT2D eigenvalue weighted by Crippen LogP contribution is 2.28. The molecule has 1 amide bonds. The lowest BCUT2D eigenvalue weighted by Gasteiger charge is -2.09. The number of carbonyl (C=O) groups excluding carboxylic acids is 1. The summed E-state index contributed by atoms with van der Waals surface area (Å²) in [5, 5.41) is 14.3. The van der Waals surface area contributed by atoms with E-state index in [1.54, 1.807) is 24.7 Å². The number of aromatic nitrogens is 5. The van der Waals surface area contributed by atoms with Gasteiger partial charge in [0.1, 0.15) is 11.5 Å². The number of nitrogens with zero attached hydrogens (tertiary/aromatic N) is 5. The van der Waals surface area contributed by atoms with E-state index >= 15 is 0 Å². The molecule has 0 aliphatic heterocycles. The van der Waals surface area contributed by atoms with Gasteiger partial charge in [0.15, 0.2) is 0 Å². The van der Waals surface area contributed by atoms with Crippen LogP contribution in [0.3, 0.4) is 0 Å². The van der Waals surface area contributed by atoms with Crippen LogP contribution in [0.1, 0.15) is 6.92 Å². The van der Waals surface area contributed by atoms with Crippen LogP contribution in [-0.4, -0.2) is 44.0 Å². The minimum absolute atomic E-state index is 0.102. The molecule has 0 aliphatic rings. The first-order valence-electron chi connectivity index (χ1n) is 7.66. The fourth-order valence-electron chi connectivity index (χ4n) is 2.17. The van der Waals surface area contributed by atoms with Crippen molar-refractivity contribution in [3.8, 4) is 16.9 Å². The molecule has 8 nitrogen and oxygen atoms in total. The lowest BCUT2D eigenvalue weighted by atomic mass is 10.1. The Kier molecular flexibility index (Phi) is 5.20. The van der Waals surface area contributed by atoms with E-state index < -0.39 is 0 Å². The first-order valence-corrected chi connectivity index (χ1v) is 8.04. The molecule has 0 spiro atoms. The van der Waals surface area contributed by atoms with Crippen LogP contribution in [0, 0.1) is 0 Å². The van der Waals surface area contributed by atoms with E-state index in [1.165, 1.54) is 11.0 Å². The molecule has 0 fully saturated rings. The molecule has 0 atom stereocenters. The maximum atomic E-state index is 11.5. The average Bonchev–Trinajstić information content (AvgIpc) is 3.16. The number of halogens is 1. The standard InChI is InChI=1S/C16H16ClN7O/c1-2-18-16(25)10-21-15-7-12(13(17)9-20-15)14-4-3-11(8-19-14)24-22-5-6-23-24/h3-9H,2,10H2,1H3,(H,18,25)(H,20,21). The van der Waals surface area contributed by atoms with Gasteiger partial charge in [0, 0.05) is 18.3 Å². The second-order valence-corrected chi connectivity index (χ2v) is 5.48.